The molecule has 2 aliphatic rings. The minimum absolute atomic E-state index is 0.316. The number of rotatable bonds is 1. The van der Waals surface area contributed by atoms with E-state index in [4.69, 9.17) is 4.84 Å². The van der Waals surface area contributed by atoms with Gasteiger partial charge in [-0.1, -0.05) is 12.1 Å². The lowest BCUT2D eigenvalue weighted by molar-refractivity contribution is -0.0293. The summed E-state index contributed by atoms with van der Waals surface area (Å²) in [7, 11) is 0. The first-order chi connectivity index (χ1) is 8.18. The van der Waals surface area contributed by atoms with Crippen molar-refractivity contribution in [3.8, 4) is 0 Å². The molecule has 3 rings (SSSR count). The molecule has 86 valence electrons. The normalized spacial score (nSPS) is 22.5. The fourth-order valence-corrected chi connectivity index (χ4v) is 2.00. The molecule has 5 heteroatoms. The first kappa shape index (κ1) is 10.0. The lowest BCUT2D eigenvalue weighted by atomic mass is 10.1. The van der Waals surface area contributed by atoms with Crippen molar-refractivity contribution in [1.82, 2.24) is 10.4 Å². The van der Waals surface area contributed by atoms with Gasteiger partial charge in [-0.2, -0.15) is 0 Å². The fraction of sp³-hybridized carbons (Fsp3) is 0.167. The highest BCUT2D eigenvalue weighted by Gasteiger charge is 2.41. The molecule has 2 amide bonds. The molecular weight excluding hydrogens is 220 g/mol. The van der Waals surface area contributed by atoms with E-state index < -0.39 is 6.23 Å². The van der Waals surface area contributed by atoms with Gasteiger partial charge in [-0.05, 0) is 25.1 Å². The molecule has 2 aliphatic heterocycles. The summed E-state index contributed by atoms with van der Waals surface area (Å²) < 4.78 is 0. The number of hydrogen-bond donors (Lipinski definition) is 1. The van der Waals surface area contributed by atoms with Crippen LogP contribution in [0.15, 0.2) is 36.0 Å². The van der Waals surface area contributed by atoms with E-state index in [9.17, 15) is 9.59 Å². The number of benzene rings is 1. The molecule has 0 spiro atoms. The summed E-state index contributed by atoms with van der Waals surface area (Å²) in [6.45, 7) is 1.80. The zero-order chi connectivity index (χ0) is 12.0. The minimum Gasteiger partial charge on any atom is -0.269 e. The second-order valence-electron chi connectivity index (χ2n) is 3.99. The van der Waals surface area contributed by atoms with Crippen LogP contribution < -0.4 is 5.48 Å². The molecule has 5 nitrogen and oxygen atoms in total. The number of carbonyl (C=O) groups is 2. The van der Waals surface area contributed by atoms with E-state index in [-0.39, 0.29) is 11.8 Å². The first-order valence-electron chi connectivity index (χ1n) is 5.25. The van der Waals surface area contributed by atoms with Crippen molar-refractivity contribution < 1.29 is 14.4 Å². The Morgan fingerprint density at radius 1 is 1.18 bits per heavy atom. The van der Waals surface area contributed by atoms with E-state index in [0.717, 1.165) is 10.6 Å². The maximum absolute atomic E-state index is 12.1. The van der Waals surface area contributed by atoms with Crippen molar-refractivity contribution in [2.75, 3.05) is 0 Å². The molecule has 0 bridgehead atoms. The molecule has 0 aromatic heterocycles. The highest BCUT2D eigenvalue weighted by molar-refractivity contribution is 6.21. The maximum Gasteiger partial charge on any atom is 0.264 e. The smallest absolute Gasteiger partial charge is 0.264 e. The highest BCUT2D eigenvalue weighted by Crippen LogP contribution is 2.26. The van der Waals surface area contributed by atoms with Crippen LogP contribution in [0.25, 0.3) is 0 Å². The molecule has 0 radical (unpaired) electrons. The number of nitrogens with one attached hydrogen (secondary N) is 1. The van der Waals surface area contributed by atoms with E-state index in [1.54, 1.807) is 37.3 Å². The van der Waals surface area contributed by atoms with Crippen LogP contribution in [0, 0.1) is 0 Å². The SMILES string of the molecule is CC1=CC(N2C(=O)c3ccccc3C2=O)ON1. The third-order valence-corrected chi connectivity index (χ3v) is 2.81. The van der Waals surface area contributed by atoms with E-state index in [1.807, 2.05) is 0 Å². The summed E-state index contributed by atoms with van der Waals surface area (Å²) >= 11 is 0. The molecule has 0 saturated heterocycles. The maximum atomic E-state index is 12.1. The number of allylic oxidation sites excluding steroid dienone is 1. The van der Waals surface area contributed by atoms with Gasteiger partial charge in [0.05, 0.1) is 11.1 Å². The molecule has 0 saturated carbocycles. The number of hydrogen-bond acceptors (Lipinski definition) is 4. The summed E-state index contributed by atoms with van der Waals surface area (Å²) in [6, 6.07) is 6.77. The number of imide groups is 1. The Hall–Kier alpha value is -2.14. The van der Waals surface area contributed by atoms with Crippen LogP contribution >= 0.6 is 0 Å². The lowest BCUT2D eigenvalue weighted by Crippen LogP contribution is -2.39. The second-order valence-corrected chi connectivity index (χ2v) is 3.99. The Bertz CT molecular complexity index is 515. The molecule has 1 N–H and O–H groups in total. The van der Waals surface area contributed by atoms with Gasteiger partial charge in [-0.15, -0.1) is 0 Å². The van der Waals surface area contributed by atoms with Crippen LogP contribution in [-0.4, -0.2) is 22.9 Å². The molecule has 17 heavy (non-hydrogen) atoms. The van der Waals surface area contributed by atoms with Crippen LogP contribution in [-0.2, 0) is 4.84 Å². The predicted molar refractivity (Wildman–Crippen MR) is 58.7 cm³/mol. The largest absolute Gasteiger partial charge is 0.269 e. The van der Waals surface area contributed by atoms with Crippen LogP contribution in [0.1, 0.15) is 27.6 Å². The third kappa shape index (κ3) is 1.36. The van der Waals surface area contributed by atoms with Gasteiger partial charge in [0, 0.05) is 5.70 Å². The number of fused-ring (bicyclic) bond motifs is 1. The number of hydroxylamine groups is 1. The van der Waals surface area contributed by atoms with Gasteiger partial charge < -0.3 is 0 Å². The highest BCUT2D eigenvalue weighted by atomic mass is 16.7. The van der Waals surface area contributed by atoms with Crippen LogP contribution in [0.3, 0.4) is 0 Å². The molecule has 0 aliphatic carbocycles. The average molecular weight is 230 g/mol. The van der Waals surface area contributed by atoms with E-state index in [2.05, 4.69) is 5.48 Å². The third-order valence-electron chi connectivity index (χ3n) is 2.81. The van der Waals surface area contributed by atoms with Crippen LogP contribution in [0.4, 0.5) is 0 Å². The van der Waals surface area contributed by atoms with Gasteiger partial charge in [0.2, 0.25) is 0 Å². The Morgan fingerprint density at radius 3 is 2.24 bits per heavy atom. The molecule has 1 unspecified atom stereocenters. The summed E-state index contributed by atoms with van der Waals surface area (Å²) in [5, 5.41) is 0. The Kier molecular flexibility index (Phi) is 2.02. The van der Waals surface area contributed by atoms with Gasteiger partial charge in [-0.25, -0.2) is 9.74 Å². The zero-order valence-corrected chi connectivity index (χ0v) is 9.14. The van der Waals surface area contributed by atoms with Crippen molar-refractivity contribution in [2.45, 2.75) is 13.2 Å². The minimum atomic E-state index is -0.664. The molecule has 2 heterocycles. The standard InChI is InChI=1S/C12H10N2O3/c1-7-6-10(17-13-7)14-11(15)8-4-2-3-5-9(8)12(14)16/h2-6,10,13H,1H3. The molecule has 1 aromatic rings. The van der Waals surface area contributed by atoms with E-state index in [0.29, 0.717) is 11.1 Å². The van der Waals surface area contributed by atoms with Crippen LogP contribution in [0.5, 0.6) is 0 Å². The topological polar surface area (TPSA) is 58.6 Å². The quantitative estimate of drug-likeness (QED) is 0.732. The molecule has 0 fully saturated rings. The predicted octanol–water partition coefficient (Wildman–Crippen LogP) is 1.05. The number of carbonyl (C=O) groups excluding carboxylic acids is 2. The van der Waals surface area contributed by atoms with Gasteiger partial charge in [0.1, 0.15) is 0 Å². The van der Waals surface area contributed by atoms with Crippen molar-refractivity contribution in [3.05, 3.63) is 47.2 Å². The Balaban J connectivity index is 2.01. The number of amides is 2. The van der Waals surface area contributed by atoms with E-state index in [1.165, 1.54) is 0 Å². The van der Waals surface area contributed by atoms with Gasteiger partial charge >= 0.3 is 0 Å². The molecular formula is C12H10N2O3. The second kappa shape index (κ2) is 3.43. The van der Waals surface area contributed by atoms with Gasteiger partial charge in [-0.3, -0.25) is 15.1 Å². The summed E-state index contributed by atoms with van der Waals surface area (Å²) in [5.74, 6) is -0.633. The Labute approximate surface area is 97.6 Å². The average Bonchev–Trinajstić information content (AvgIpc) is 2.84. The van der Waals surface area contributed by atoms with Crippen molar-refractivity contribution in [1.29, 1.82) is 0 Å². The zero-order valence-electron chi connectivity index (χ0n) is 9.14. The lowest BCUT2D eigenvalue weighted by Gasteiger charge is -2.18. The Morgan fingerprint density at radius 2 is 1.76 bits per heavy atom. The molecule has 1 atom stereocenters. The van der Waals surface area contributed by atoms with E-state index >= 15 is 0 Å². The summed E-state index contributed by atoms with van der Waals surface area (Å²) in [4.78, 5) is 30.4. The number of nitrogens with zero attached hydrogens (tertiary/aromatic N) is 1. The van der Waals surface area contributed by atoms with Crippen molar-refractivity contribution in [3.63, 3.8) is 0 Å². The van der Waals surface area contributed by atoms with Crippen molar-refractivity contribution >= 4 is 11.8 Å². The summed E-state index contributed by atoms with van der Waals surface area (Å²) in [6.07, 6.45) is 1.03. The fourth-order valence-electron chi connectivity index (χ4n) is 2.00. The summed E-state index contributed by atoms with van der Waals surface area (Å²) in [5.41, 5.74) is 4.27. The van der Waals surface area contributed by atoms with Crippen molar-refractivity contribution in [2.24, 2.45) is 0 Å². The van der Waals surface area contributed by atoms with Crippen LogP contribution in [0.2, 0.25) is 0 Å². The monoisotopic (exact) mass is 230 g/mol. The van der Waals surface area contributed by atoms with Gasteiger partial charge in [0.15, 0.2) is 6.23 Å². The van der Waals surface area contributed by atoms with Gasteiger partial charge in [0.25, 0.3) is 11.8 Å². The molecule has 1 aromatic carbocycles. The first-order valence-corrected chi connectivity index (χ1v) is 5.25.